The summed E-state index contributed by atoms with van der Waals surface area (Å²) in [5.74, 6) is 0.688. The maximum atomic E-state index is 8.79. The van der Waals surface area contributed by atoms with Gasteiger partial charge < -0.3 is 10.8 Å². The largest absolute Gasteiger partial charge is 0.396 e. The molecule has 14 heavy (non-hydrogen) atoms. The molecule has 0 radical (unpaired) electrons. The molecule has 1 fully saturated rings. The zero-order valence-corrected chi connectivity index (χ0v) is 9.45. The van der Waals surface area contributed by atoms with Crippen LogP contribution < -0.4 is 5.73 Å². The van der Waals surface area contributed by atoms with Crippen molar-refractivity contribution in [1.82, 2.24) is 4.90 Å². The van der Waals surface area contributed by atoms with E-state index in [1.165, 1.54) is 0 Å². The summed E-state index contributed by atoms with van der Waals surface area (Å²) < 4.78 is 0. The van der Waals surface area contributed by atoms with Gasteiger partial charge in [-0.15, -0.1) is 0 Å². The van der Waals surface area contributed by atoms with Gasteiger partial charge in [0.05, 0.1) is 0 Å². The fourth-order valence-electron chi connectivity index (χ4n) is 2.30. The standard InChI is InChI=1S/C11H24N2O/c1-9(2)13-7-10(4-3-5-14)6-11(12)8-13/h9-11,14H,3-8,12H2,1-2H3. The minimum Gasteiger partial charge on any atom is -0.396 e. The Morgan fingerprint density at radius 3 is 2.71 bits per heavy atom. The highest BCUT2D eigenvalue weighted by Crippen LogP contribution is 2.21. The molecular formula is C11H24N2O. The lowest BCUT2D eigenvalue weighted by Crippen LogP contribution is -2.49. The van der Waals surface area contributed by atoms with Gasteiger partial charge in [-0.05, 0) is 39.0 Å². The molecule has 1 heterocycles. The number of aliphatic hydroxyl groups is 1. The fourth-order valence-corrected chi connectivity index (χ4v) is 2.30. The third-order valence-electron chi connectivity index (χ3n) is 3.10. The number of nitrogens with two attached hydrogens (primary N) is 1. The van der Waals surface area contributed by atoms with Gasteiger partial charge in [-0.1, -0.05) is 0 Å². The van der Waals surface area contributed by atoms with Gasteiger partial charge in [-0.3, -0.25) is 4.90 Å². The molecule has 0 saturated carbocycles. The molecule has 1 rings (SSSR count). The summed E-state index contributed by atoms with van der Waals surface area (Å²) in [6, 6.07) is 0.924. The lowest BCUT2D eigenvalue weighted by atomic mass is 9.90. The summed E-state index contributed by atoms with van der Waals surface area (Å²) in [6.45, 7) is 6.95. The molecule has 1 saturated heterocycles. The first kappa shape index (κ1) is 12.0. The predicted molar refractivity (Wildman–Crippen MR) is 59.1 cm³/mol. The van der Waals surface area contributed by atoms with E-state index in [4.69, 9.17) is 10.8 Å². The highest BCUT2D eigenvalue weighted by Gasteiger charge is 2.25. The number of aliphatic hydroxyl groups excluding tert-OH is 1. The number of hydrogen-bond acceptors (Lipinski definition) is 3. The zero-order chi connectivity index (χ0) is 10.6. The van der Waals surface area contributed by atoms with E-state index >= 15 is 0 Å². The highest BCUT2D eigenvalue weighted by atomic mass is 16.2. The molecule has 3 N–H and O–H groups in total. The second-order valence-electron chi connectivity index (χ2n) is 4.78. The van der Waals surface area contributed by atoms with Crippen molar-refractivity contribution in [1.29, 1.82) is 0 Å². The van der Waals surface area contributed by atoms with E-state index in [0.717, 1.165) is 32.4 Å². The first-order chi connectivity index (χ1) is 6.63. The lowest BCUT2D eigenvalue weighted by molar-refractivity contribution is 0.115. The Bertz CT molecular complexity index is 161. The van der Waals surface area contributed by atoms with Crippen molar-refractivity contribution < 1.29 is 5.11 Å². The number of likely N-dealkylation sites (tertiary alicyclic amines) is 1. The molecule has 0 aliphatic carbocycles. The van der Waals surface area contributed by atoms with Crippen LogP contribution in [0.2, 0.25) is 0 Å². The predicted octanol–water partition coefficient (Wildman–Crippen LogP) is 0.817. The Labute approximate surface area is 87.3 Å². The van der Waals surface area contributed by atoms with Crippen LogP contribution in [0.4, 0.5) is 0 Å². The van der Waals surface area contributed by atoms with Crippen LogP contribution in [0.15, 0.2) is 0 Å². The van der Waals surface area contributed by atoms with Crippen LogP contribution in [0.25, 0.3) is 0 Å². The van der Waals surface area contributed by atoms with Gasteiger partial charge in [-0.25, -0.2) is 0 Å². The van der Waals surface area contributed by atoms with Crippen molar-refractivity contribution in [2.75, 3.05) is 19.7 Å². The second-order valence-corrected chi connectivity index (χ2v) is 4.78. The topological polar surface area (TPSA) is 49.5 Å². The molecule has 2 unspecified atom stereocenters. The molecule has 0 aromatic carbocycles. The van der Waals surface area contributed by atoms with Gasteiger partial charge in [0.1, 0.15) is 0 Å². The molecule has 1 aliphatic rings. The number of rotatable bonds is 4. The molecule has 0 amide bonds. The normalized spacial score (nSPS) is 29.8. The minimum absolute atomic E-state index is 0.313. The molecule has 2 atom stereocenters. The van der Waals surface area contributed by atoms with Crippen molar-refractivity contribution in [3.8, 4) is 0 Å². The summed E-state index contributed by atoms with van der Waals surface area (Å²) in [7, 11) is 0. The molecule has 0 aromatic rings. The lowest BCUT2D eigenvalue weighted by Gasteiger charge is -2.38. The van der Waals surface area contributed by atoms with Crippen LogP contribution in [-0.4, -0.2) is 41.8 Å². The van der Waals surface area contributed by atoms with Gasteiger partial charge in [0.15, 0.2) is 0 Å². The van der Waals surface area contributed by atoms with Gasteiger partial charge in [0.25, 0.3) is 0 Å². The Kier molecular flexibility index (Phi) is 4.85. The summed E-state index contributed by atoms with van der Waals surface area (Å²) >= 11 is 0. The van der Waals surface area contributed by atoms with Gasteiger partial charge >= 0.3 is 0 Å². The van der Waals surface area contributed by atoms with Gasteiger partial charge in [0, 0.05) is 31.8 Å². The number of nitrogens with zero attached hydrogens (tertiary/aromatic N) is 1. The molecule has 3 heteroatoms. The van der Waals surface area contributed by atoms with Crippen LogP contribution in [0.3, 0.4) is 0 Å². The van der Waals surface area contributed by atoms with E-state index in [1.54, 1.807) is 0 Å². The molecule has 0 spiro atoms. The molecule has 0 bridgehead atoms. The average Bonchev–Trinajstić information content (AvgIpc) is 2.14. The molecule has 84 valence electrons. The monoisotopic (exact) mass is 200 g/mol. The van der Waals surface area contributed by atoms with E-state index in [-0.39, 0.29) is 0 Å². The van der Waals surface area contributed by atoms with E-state index < -0.39 is 0 Å². The Balaban J connectivity index is 2.37. The summed E-state index contributed by atoms with van der Waals surface area (Å²) in [6.07, 6.45) is 3.17. The minimum atomic E-state index is 0.313. The summed E-state index contributed by atoms with van der Waals surface area (Å²) in [4.78, 5) is 2.45. The quantitative estimate of drug-likeness (QED) is 0.706. The highest BCUT2D eigenvalue weighted by molar-refractivity contribution is 4.82. The third-order valence-corrected chi connectivity index (χ3v) is 3.10. The van der Waals surface area contributed by atoms with Crippen molar-refractivity contribution in [3.05, 3.63) is 0 Å². The maximum absolute atomic E-state index is 8.79. The SMILES string of the molecule is CC(C)N1CC(N)CC(CCCO)C1. The second kappa shape index (κ2) is 5.69. The zero-order valence-electron chi connectivity index (χ0n) is 9.45. The summed E-state index contributed by atoms with van der Waals surface area (Å²) in [5.41, 5.74) is 6.02. The maximum Gasteiger partial charge on any atom is 0.0431 e. The van der Waals surface area contributed by atoms with E-state index in [2.05, 4.69) is 18.7 Å². The first-order valence-corrected chi connectivity index (χ1v) is 5.74. The van der Waals surface area contributed by atoms with Crippen LogP contribution in [-0.2, 0) is 0 Å². The van der Waals surface area contributed by atoms with Crippen molar-refractivity contribution in [2.45, 2.75) is 45.2 Å². The smallest absolute Gasteiger partial charge is 0.0431 e. The van der Waals surface area contributed by atoms with Crippen LogP contribution in [0.5, 0.6) is 0 Å². The Hall–Kier alpha value is -0.120. The van der Waals surface area contributed by atoms with Crippen LogP contribution in [0, 0.1) is 5.92 Å². The fraction of sp³-hybridized carbons (Fsp3) is 1.00. The Morgan fingerprint density at radius 2 is 2.14 bits per heavy atom. The van der Waals surface area contributed by atoms with Gasteiger partial charge in [-0.2, -0.15) is 0 Å². The van der Waals surface area contributed by atoms with E-state index in [9.17, 15) is 0 Å². The number of piperidine rings is 1. The Morgan fingerprint density at radius 1 is 1.43 bits per heavy atom. The van der Waals surface area contributed by atoms with Gasteiger partial charge in [0.2, 0.25) is 0 Å². The van der Waals surface area contributed by atoms with Crippen molar-refractivity contribution >= 4 is 0 Å². The summed E-state index contributed by atoms with van der Waals surface area (Å²) in [5, 5.41) is 8.79. The molecule has 0 aromatic heterocycles. The molecule has 3 nitrogen and oxygen atoms in total. The first-order valence-electron chi connectivity index (χ1n) is 5.74. The molecular weight excluding hydrogens is 176 g/mol. The van der Waals surface area contributed by atoms with Crippen LogP contribution in [0.1, 0.15) is 33.1 Å². The van der Waals surface area contributed by atoms with Crippen molar-refractivity contribution in [2.24, 2.45) is 11.7 Å². The van der Waals surface area contributed by atoms with E-state index in [0.29, 0.717) is 24.6 Å². The van der Waals surface area contributed by atoms with Crippen molar-refractivity contribution in [3.63, 3.8) is 0 Å². The van der Waals surface area contributed by atoms with E-state index in [1.807, 2.05) is 0 Å². The van der Waals surface area contributed by atoms with Crippen LogP contribution >= 0.6 is 0 Å². The third kappa shape index (κ3) is 3.56. The number of hydrogen-bond donors (Lipinski definition) is 2. The molecule has 1 aliphatic heterocycles. The average molecular weight is 200 g/mol.